The van der Waals surface area contributed by atoms with Gasteiger partial charge in [-0.2, -0.15) is 0 Å². The van der Waals surface area contributed by atoms with Gasteiger partial charge in [-0.25, -0.2) is 5.01 Å². The van der Waals surface area contributed by atoms with Crippen LogP contribution in [0.1, 0.15) is 24.8 Å². The minimum absolute atomic E-state index is 0.885. The Labute approximate surface area is 113 Å². The molecule has 1 aliphatic rings. The molecule has 4 heteroatoms. The zero-order chi connectivity index (χ0) is 11.9. The molecule has 0 unspecified atom stereocenters. The number of hydrazine groups is 1. The standard InChI is InChI=1S/C13H18N2S2/c16-13(14-15-9-5-2-6-10-15)17-11-12-7-3-1-4-8-12/h1,3-4,7-8H,2,5-6,9-11H2,(H,14,16). The molecule has 0 amide bonds. The zero-order valence-electron chi connectivity index (χ0n) is 9.89. The summed E-state index contributed by atoms with van der Waals surface area (Å²) < 4.78 is 0.885. The van der Waals surface area contributed by atoms with Crippen LogP contribution in [0, 0.1) is 0 Å². The lowest BCUT2D eigenvalue weighted by molar-refractivity contribution is 0.197. The van der Waals surface area contributed by atoms with Crippen molar-refractivity contribution in [3.05, 3.63) is 35.9 Å². The summed E-state index contributed by atoms with van der Waals surface area (Å²) in [6.45, 7) is 2.23. The van der Waals surface area contributed by atoms with E-state index in [4.69, 9.17) is 12.2 Å². The van der Waals surface area contributed by atoms with E-state index in [0.29, 0.717) is 0 Å². The Balaban J connectivity index is 1.70. The molecule has 0 saturated carbocycles. The molecule has 92 valence electrons. The van der Waals surface area contributed by atoms with Gasteiger partial charge in [0.15, 0.2) is 0 Å². The molecular formula is C13H18N2S2. The minimum atomic E-state index is 0.885. The van der Waals surface area contributed by atoms with E-state index in [1.165, 1.54) is 24.8 Å². The Kier molecular flexibility index (Phi) is 5.29. The van der Waals surface area contributed by atoms with Crippen molar-refractivity contribution in [1.82, 2.24) is 10.4 Å². The van der Waals surface area contributed by atoms with Crippen molar-refractivity contribution < 1.29 is 0 Å². The molecule has 0 spiro atoms. The van der Waals surface area contributed by atoms with Crippen LogP contribution in [0.3, 0.4) is 0 Å². The summed E-state index contributed by atoms with van der Waals surface area (Å²) in [4.78, 5) is 0. The Morgan fingerprint density at radius 3 is 2.59 bits per heavy atom. The second kappa shape index (κ2) is 6.99. The van der Waals surface area contributed by atoms with Gasteiger partial charge in [0.25, 0.3) is 0 Å². The van der Waals surface area contributed by atoms with E-state index in [0.717, 1.165) is 23.2 Å². The average molecular weight is 266 g/mol. The molecule has 1 aliphatic heterocycles. The van der Waals surface area contributed by atoms with Gasteiger partial charge in [0.1, 0.15) is 4.32 Å². The van der Waals surface area contributed by atoms with Gasteiger partial charge < -0.3 is 5.43 Å². The number of hydrogen-bond acceptors (Lipinski definition) is 3. The predicted molar refractivity (Wildman–Crippen MR) is 78.9 cm³/mol. The van der Waals surface area contributed by atoms with Gasteiger partial charge in [-0.05, 0) is 18.4 Å². The molecule has 1 fully saturated rings. The highest BCUT2D eigenvalue weighted by Crippen LogP contribution is 2.14. The maximum atomic E-state index is 5.34. The Morgan fingerprint density at radius 2 is 1.88 bits per heavy atom. The quantitative estimate of drug-likeness (QED) is 0.845. The highest BCUT2D eigenvalue weighted by atomic mass is 32.2. The SMILES string of the molecule is S=C(NN1CCCCC1)SCc1ccccc1. The molecule has 0 radical (unpaired) electrons. The van der Waals surface area contributed by atoms with Crippen molar-refractivity contribution >= 4 is 28.3 Å². The van der Waals surface area contributed by atoms with Gasteiger partial charge in [0.05, 0.1) is 0 Å². The van der Waals surface area contributed by atoms with E-state index in [2.05, 4.69) is 34.7 Å². The summed E-state index contributed by atoms with van der Waals surface area (Å²) in [7, 11) is 0. The van der Waals surface area contributed by atoms with E-state index in [9.17, 15) is 0 Å². The number of nitrogens with zero attached hydrogens (tertiary/aromatic N) is 1. The molecule has 0 aromatic heterocycles. The first kappa shape index (κ1) is 12.9. The maximum Gasteiger partial charge on any atom is 0.148 e. The fraction of sp³-hybridized carbons (Fsp3) is 0.462. The van der Waals surface area contributed by atoms with E-state index in [1.807, 2.05) is 6.07 Å². The molecule has 1 N–H and O–H groups in total. The lowest BCUT2D eigenvalue weighted by atomic mass is 10.2. The van der Waals surface area contributed by atoms with Crippen LogP contribution in [0.5, 0.6) is 0 Å². The summed E-state index contributed by atoms with van der Waals surface area (Å²) in [5.74, 6) is 0.945. The number of piperidine rings is 1. The first-order valence-corrected chi connectivity index (χ1v) is 7.46. The van der Waals surface area contributed by atoms with Crippen LogP contribution < -0.4 is 5.43 Å². The molecule has 2 nitrogen and oxygen atoms in total. The van der Waals surface area contributed by atoms with Crippen LogP contribution in [0.2, 0.25) is 0 Å². The normalized spacial score (nSPS) is 16.7. The molecule has 1 aromatic rings. The molecule has 1 saturated heterocycles. The lowest BCUT2D eigenvalue weighted by Gasteiger charge is -2.27. The number of nitrogens with one attached hydrogen (secondary N) is 1. The van der Waals surface area contributed by atoms with E-state index < -0.39 is 0 Å². The van der Waals surface area contributed by atoms with E-state index in [-0.39, 0.29) is 0 Å². The van der Waals surface area contributed by atoms with Gasteiger partial charge in [-0.15, -0.1) is 0 Å². The third-order valence-electron chi connectivity index (χ3n) is 2.82. The van der Waals surface area contributed by atoms with Crippen LogP contribution in [0.4, 0.5) is 0 Å². The van der Waals surface area contributed by atoms with Crippen LogP contribution in [0.15, 0.2) is 30.3 Å². The zero-order valence-corrected chi connectivity index (χ0v) is 11.5. The molecular weight excluding hydrogens is 248 g/mol. The lowest BCUT2D eigenvalue weighted by Crippen LogP contribution is -2.43. The Hall–Kier alpha value is -0.580. The minimum Gasteiger partial charge on any atom is -0.304 e. The number of rotatable bonds is 3. The van der Waals surface area contributed by atoms with E-state index >= 15 is 0 Å². The Morgan fingerprint density at radius 1 is 1.18 bits per heavy atom. The molecule has 0 aliphatic carbocycles. The summed E-state index contributed by atoms with van der Waals surface area (Å²) in [6.07, 6.45) is 3.90. The number of thioether (sulfide) groups is 1. The molecule has 1 aromatic carbocycles. The van der Waals surface area contributed by atoms with Gasteiger partial charge >= 0.3 is 0 Å². The van der Waals surface area contributed by atoms with Gasteiger partial charge in [0.2, 0.25) is 0 Å². The fourth-order valence-corrected chi connectivity index (χ4v) is 2.88. The second-order valence-electron chi connectivity index (χ2n) is 4.22. The number of hydrogen-bond donors (Lipinski definition) is 1. The van der Waals surface area contributed by atoms with Gasteiger partial charge in [0, 0.05) is 18.8 Å². The van der Waals surface area contributed by atoms with Crippen molar-refractivity contribution in [2.75, 3.05) is 13.1 Å². The maximum absolute atomic E-state index is 5.34. The van der Waals surface area contributed by atoms with Crippen LogP contribution in [0.25, 0.3) is 0 Å². The first-order chi connectivity index (χ1) is 8.34. The van der Waals surface area contributed by atoms with Gasteiger partial charge in [-0.3, -0.25) is 0 Å². The highest BCUT2D eigenvalue weighted by molar-refractivity contribution is 8.22. The third-order valence-corrected chi connectivity index (χ3v) is 4.09. The van der Waals surface area contributed by atoms with Crippen molar-refractivity contribution in [2.45, 2.75) is 25.0 Å². The first-order valence-electron chi connectivity index (χ1n) is 6.07. The molecule has 1 heterocycles. The molecule has 17 heavy (non-hydrogen) atoms. The van der Waals surface area contributed by atoms with Crippen molar-refractivity contribution in [3.63, 3.8) is 0 Å². The van der Waals surface area contributed by atoms with E-state index in [1.54, 1.807) is 11.8 Å². The smallest absolute Gasteiger partial charge is 0.148 e. The summed E-state index contributed by atoms with van der Waals surface area (Å²) >= 11 is 7.05. The average Bonchev–Trinajstić information content (AvgIpc) is 2.39. The van der Waals surface area contributed by atoms with Crippen LogP contribution >= 0.6 is 24.0 Å². The molecule has 0 bridgehead atoms. The summed E-state index contributed by atoms with van der Waals surface area (Å²) in [5.41, 5.74) is 4.64. The fourth-order valence-electron chi connectivity index (χ4n) is 1.89. The largest absolute Gasteiger partial charge is 0.304 e. The van der Waals surface area contributed by atoms with Gasteiger partial charge in [-0.1, -0.05) is 60.7 Å². The topological polar surface area (TPSA) is 15.3 Å². The number of benzene rings is 1. The van der Waals surface area contributed by atoms with Crippen molar-refractivity contribution in [2.24, 2.45) is 0 Å². The highest BCUT2D eigenvalue weighted by Gasteiger charge is 2.10. The Bertz CT molecular complexity index is 348. The molecule has 0 atom stereocenters. The van der Waals surface area contributed by atoms with Crippen LogP contribution in [-0.4, -0.2) is 22.4 Å². The summed E-state index contributed by atoms with van der Waals surface area (Å²) in [5, 5.41) is 2.24. The second-order valence-corrected chi connectivity index (χ2v) is 5.87. The molecule has 2 rings (SSSR count). The summed E-state index contributed by atoms with van der Waals surface area (Å²) in [6, 6.07) is 10.4. The van der Waals surface area contributed by atoms with Crippen molar-refractivity contribution in [1.29, 1.82) is 0 Å². The van der Waals surface area contributed by atoms with Crippen LogP contribution in [-0.2, 0) is 5.75 Å². The number of thiocarbonyl (C=S) groups is 1. The van der Waals surface area contributed by atoms with Crippen molar-refractivity contribution in [3.8, 4) is 0 Å². The third kappa shape index (κ3) is 4.66. The monoisotopic (exact) mass is 266 g/mol. The predicted octanol–water partition coefficient (Wildman–Crippen LogP) is 3.20.